The van der Waals surface area contributed by atoms with Crippen molar-refractivity contribution in [1.29, 1.82) is 0 Å². The number of anilines is 1. The number of carbonyl (C=O) groups is 1. The van der Waals surface area contributed by atoms with Crippen molar-refractivity contribution in [2.24, 2.45) is 0 Å². The second-order valence-electron chi connectivity index (χ2n) is 4.16. The molecule has 0 bridgehead atoms. The van der Waals surface area contributed by atoms with Gasteiger partial charge in [0.15, 0.2) is 0 Å². The van der Waals surface area contributed by atoms with Gasteiger partial charge in [0.05, 0.1) is 18.1 Å². The Hall–Kier alpha value is -2.14. The average Bonchev–Trinajstić information content (AvgIpc) is 2.84. The van der Waals surface area contributed by atoms with Crippen LogP contribution in [0.3, 0.4) is 0 Å². The molecule has 5 nitrogen and oxygen atoms in total. The van der Waals surface area contributed by atoms with Crippen molar-refractivity contribution < 1.29 is 9.53 Å². The van der Waals surface area contributed by atoms with Gasteiger partial charge in [-0.05, 0) is 25.5 Å². The maximum Gasteiger partial charge on any atom is 0.256 e. The van der Waals surface area contributed by atoms with Gasteiger partial charge in [-0.3, -0.25) is 4.79 Å². The van der Waals surface area contributed by atoms with E-state index in [0.29, 0.717) is 24.6 Å². The predicted molar refractivity (Wildman–Crippen MR) is 73.0 cm³/mol. The Kier molecular flexibility index (Phi) is 4.30. The summed E-state index contributed by atoms with van der Waals surface area (Å²) >= 11 is 0. The van der Waals surface area contributed by atoms with Crippen molar-refractivity contribution in [2.75, 3.05) is 11.9 Å². The molecule has 0 atom stereocenters. The Balaban J connectivity index is 2.03. The fourth-order valence-electron chi connectivity index (χ4n) is 1.71. The average molecular weight is 259 g/mol. The van der Waals surface area contributed by atoms with Gasteiger partial charge in [-0.2, -0.15) is 5.10 Å². The first-order valence-electron chi connectivity index (χ1n) is 6.18. The highest BCUT2D eigenvalue weighted by molar-refractivity contribution is 6.05. The molecule has 0 unspecified atom stereocenters. The topological polar surface area (TPSA) is 56.1 Å². The van der Waals surface area contributed by atoms with Gasteiger partial charge in [0, 0.05) is 12.2 Å². The number of hydrogen-bond acceptors (Lipinski definition) is 3. The molecule has 1 heterocycles. The number of amides is 1. The number of benzene rings is 1. The first-order valence-corrected chi connectivity index (χ1v) is 6.18. The van der Waals surface area contributed by atoms with Crippen LogP contribution >= 0.6 is 0 Å². The van der Waals surface area contributed by atoms with Crippen LogP contribution in [0.2, 0.25) is 0 Å². The molecular weight excluding hydrogens is 242 g/mol. The minimum absolute atomic E-state index is 0.131. The van der Waals surface area contributed by atoms with Crippen molar-refractivity contribution in [3.63, 3.8) is 0 Å². The van der Waals surface area contributed by atoms with E-state index < -0.39 is 0 Å². The van der Waals surface area contributed by atoms with E-state index in [1.165, 1.54) is 0 Å². The van der Waals surface area contributed by atoms with E-state index in [-0.39, 0.29) is 5.91 Å². The Labute approximate surface area is 112 Å². The zero-order valence-electron chi connectivity index (χ0n) is 11.1. The van der Waals surface area contributed by atoms with Gasteiger partial charge >= 0.3 is 0 Å². The van der Waals surface area contributed by atoms with Crippen molar-refractivity contribution in [3.8, 4) is 0 Å². The minimum Gasteiger partial charge on any atom is -0.360 e. The number of nitrogens with one attached hydrogen (secondary N) is 1. The number of aryl methyl sites for hydroxylation is 1. The first kappa shape index (κ1) is 13.3. The zero-order valence-corrected chi connectivity index (χ0v) is 11.1. The van der Waals surface area contributed by atoms with Crippen LogP contribution in [0.5, 0.6) is 0 Å². The van der Waals surface area contributed by atoms with E-state index in [1.807, 2.05) is 32.0 Å². The molecule has 1 amide bonds. The second kappa shape index (κ2) is 6.15. The summed E-state index contributed by atoms with van der Waals surface area (Å²) in [6.45, 7) is 4.85. The largest absolute Gasteiger partial charge is 0.360 e. The normalized spacial score (nSPS) is 10.4. The first-order chi connectivity index (χ1) is 9.20. The quantitative estimate of drug-likeness (QED) is 0.897. The molecule has 1 aromatic heterocycles. The molecule has 5 heteroatoms. The number of carbonyl (C=O) groups excluding carboxylic acids is 1. The maximum atomic E-state index is 12.1. The van der Waals surface area contributed by atoms with Gasteiger partial charge in [0.25, 0.3) is 5.91 Å². The van der Waals surface area contributed by atoms with Crippen LogP contribution in [-0.2, 0) is 11.5 Å². The molecule has 100 valence electrons. The summed E-state index contributed by atoms with van der Waals surface area (Å²) in [4.78, 5) is 12.1. The summed E-state index contributed by atoms with van der Waals surface area (Å²) in [5.74, 6) is -0.131. The lowest BCUT2D eigenvalue weighted by Gasteiger charge is -2.05. The number of hydrogen-bond donors (Lipinski definition) is 1. The molecule has 0 radical (unpaired) electrons. The van der Waals surface area contributed by atoms with Gasteiger partial charge < -0.3 is 10.1 Å². The molecule has 1 aromatic carbocycles. The Morgan fingerprint density at radius 2 is 2.21 bits per heavy atom. The fourth-order valence-corrected chi connectivity index (χ4v) is 1.71. The van der Waals surface area contributed by atoms with Crippen LogP contribution in [0, 0.1) is 6.92 Å². The molecule has 0 spiro atoms. The molecule has 0 aliphatic heterocycles. The Morgan fingerprint density at radius 3 is 2.95 bits per heavy atom. The monoisotopic (exact) mass is 259 g/mol. The van der Waals surface area contributed by atoms with Crippen LogP contribution in [-0.4, -0.2) is 22.3 Å². The summed E-state index contributed by atoms with van der Waals surface area (Å²) < 4.78 is 6.87. The standard InChI is InChI=1S/C14H17N3O2/c1-3-19-10-17-9-12(8-15-17)16-14(18)13-7-5-4-6-11(13)2/h4-9H,3,10H2,1-2H3,(H,16,18). The van der Waals surface area contributed by atoms with E-state index in [9.17, 15) is 4.79 Å². The van der Waals surface area contributed by atoms with Gasteiger partial charge in [-0.15, -0.1) is 0 Å². The van der Waals surface area contributed by atoms with Crippen molar-refractivity contribution in [3.05, 3.63) is 47.8 Å². The van der Waals surface area contributed by atoms with E-state index in [0.717, 1.165) is 5.56 Å². The van der Waals surface area contributed by atoms with Gasteiger partial charge in [-0.25, -0.2) is 4.68 Å². The van der Waals surface area contributed by atoms with Crippen molar-refractivity contribution >= 4 is 11.6 Å². The third-order valence-electron chi connectivity index (χ3n) is 2.71. The van der Waals surface area contributed by atoms with Crippen LogP contribution in [0.1, 0.15) is 22.8 Å². The molecule has 0 aliphatic carbocycles. The Morgan fingerprint density at radius 1 is 1.42 bits per heavy atom. The summed E-state index contributed by atoms with van der Waals surface area (Å²) in [5, 5.41) is 6.92. The molecule has 0 saturated heterocycles. The zero-order chi connectivity index (χ0) is 13.7. The predicted octanol–water partition coefficient (Wildman–Crippen LogP) is 2.44. The minimum atomic E-state index is -0.131. The fraction of sp³-hybridized carbons (Fsp3) is 0.286. The summed E-state index contributed by atoms with van der Waals surface area (Å²) in [6.07, 6.45) is 3.35. The lowest BCUT2D eigenvalue weighted by molar-refractivity contribution is 0.0792. The van der Waals surface area contributed by atoms with Gasteiger partial charge in [-0.1, -0.05) is 18.2 Å². The molecule has 1 N–H and O–H groups in total. The van der Waals surface area contributed by atoms with Gasteiger partial charge in [0.2, 0.25) is 0 Å². The van der Waals surface area contributed by atoms with Crippen LogP contribution < -0.4 is 5.32 Å². The third kappa shape index (κ3) is 3.42. The number of aromatic nitrogens is 2. The van der Waals surface area contributed by atoms with E-state index in [4.69, 9.17) is 4.74 Å². The van der Waals surface area contributed by atoms with Crippen molar-refractivity contribution in [1.82, 2.24) is 9.78 Å². The lowest BCUT2D eigenvalue weighted by Crippen LogP contribution is -2.12. The van der Waals surface area contributed by atoms with E-state index in [2.05, 4.69) is 10.4 Å². The SMILES string of the molecule is CCOCn1cc(NC(=O)c2ccccc2C)cn1. The summed E-state index contributed by atoms with van der Waals surface area (Å²) in [7, 11) is 0. The summed E-state index contributed by atoms with van der Waals surface area (Å²) in [6, 6.07) is 7.47. The summed E-state index contributed by atoms with van der Waals surface area (Å²) in [5.41, 5.74) is 2.27. The second-order valence-corrected chi connectivity index (χ2v) is 4.16. The third-order valence-corrected chi connectivity index (χ3v) is 2.71. The smallest absolute Gasteiger partial charge is 0.256 e. The van der Waals surface area contributed by atoms with E-state index >= 15 is 0 Å². The molecule has 0 saturated carbocycles. The number of rotatable bonds is 5. The molecule has 19 heavy (non-hydrogen) atoms. The molecular formula is C14H17N3O2. The highest BCUT2D eigenvalue weighted by atomic mass is 16.5. The molecule has 2 aromatic rings. The maximum absolute atomic E-state index is 12.1. The Bertz CT molecular complexity index is 563. The molecule has 2 rings (SSSR count). The van der Waals surface area contributed by atoms with Crippen LogP contribution in [0.15, 0.2) is 36.7 Å². The molecule has 0 fully saturated rings. The van der Waals surface area contributed by atoms with Crippen molar-refractivity contribution in [2.45, 2.75) is 20.6 Å². The van der Waals surface area contributed by atoms with E-state index in [1.54, 1.807) is 23.1 Å². The number of nitrogens with zero attached hydrogens (tertiary/aromatic N) is 2. The highest BCUT2D eigenvalue weighted by Gasteiger charge is 2.09. The lowest BCUT2D eigenvalue weighted by atomic mass is 10.1. The van der Waals surface area contributed by atoms with Gasteiger partial charge in [0.1, 0.15) is 6.73 Å². The molecule has 0 aliphatic rings. The van der Waals surface area contributed by atoms with Crippen LogP contribution in [0.25, 0.3) is 0 Å². The van der Waals surface area contributed by atoms with Crippen LogP contribution in [0.4, 0.5) is 5.69 Å². The number of ether oxygens (including phenoxy) is 1. The highest BCUT2D eigenvalue weighted by Crippen LogP contribution is 2.11.